The number of amides is 4. The Bertz CT molecular complexity index is 6870. The third-order valence-electron chi connectivity index (χ3n) is 24.6. The third kappa shape index (κ3) is 17.7. The van der Waals surface area contributed by atoms with Gasteiger partial charge in [-0.1, -0.05) is 24.3 Å². The van der Waals surface area contributed by atoms with Gasteiger partial charge in [0.1, 0.15) is 34.9 Å². The summed E-state index contributed by atoms with van der Waals surface area (Å²) in [7, 11) is 4.21. The van der Waals surface area contributed by atoms with Gasteiger partial charge in [0.2, 0.25) is 5.88 Å². The van der Waals surface area contributed by atoms with Crippen molar-refractivity contribution < 1.29 is 64.9 Å². The molecule has 4 fully saturated rings. The van der Waals surface area contributed by atoms with Crippen LogP contribution < -0.4 is 46.4 Å². The SMILES string of the molecule is CN(C)C1CCC(Oc2ccn(-c3cc(-c4c(F)cccc4C#N)nc4c3C(=O)NC4)n2)CC1.N#Cc1cccc(F)c1-c1cc(-n2ccc(N3CCC(C#N)C3)n2)c2c(n1)CNC2=O.N#Cc1cccc(F)c1-c1cc(-n2ccc(N3CCC[C@@](N)(C(F)(F)F)C3)n2)c2c(n1)CNC2=O.N#Cc1cccc(F)c1-c1cc(-n2ccc(N3CCC[C@H](O)[C@H](O)C3)n2)c2c(n1)CNC2=O. The minimum absolute atomic E-state index is 0.0140. The Kier molecular flexibility index (Phi) is 24.8. The summed E-state index contributed by atoms with van der Waals surface area (Å²) in [5.74, 6) is -1.61. The van der Waals surface area contributed by atoms with E-state index >= 15 is 0 Å². The number of hydrogen-bond donors (Lipinski definition) is 7. The first-order valence-corrected chi connectivity index (χ1v) is 42.6. The number of nitrogens with two attached hydrogens (primary N) is 1. The summed E-state index contributed by atoms with van der Waals surface area (Å²) >= 11 is 0. The molecule has 1 unspecified atom stereocenters. The Morgan fingerprint density at radius 1 is 0.451 bits per heavy atom. The van der Waals surface area contributed by atoms with Crippen LogP contribution >= 0.6 is 0 Å². The molecule has 4 amide bonds. The van der Waals surface area contributed by atoms with Gasteiger partial charge < -0.3 is 61.6 Å². The molecule has 4 atom stereocenters. The molecule has 674 valence electrons. The zero-order valence-electron chi connectivity index (χ0n) is 71.2. The van der Waals surface area contributed by atoms with Crippen LogP contribution in [-0.4, -0.2) is 187 Å². The lowest BCUT2D eigenvalue weighted by molar-refractivity contribution is -0.187. The Labute approximate surface area is 754 Å². The molecule has 20 rings (SSSR count). The summed E-state index contributed by atoms with van der Waals surface area (Å²) in [6.07, 6.45) is 6.61. The molecule has 15 heterocycles. The number of benzene rings is 4. The van der Waals surface area contributed by atoms with E-state index in [0.717, 1.165) is 38.6 Å². The highest BCUT2D eigenvalue weighted by Crippen LogP contribution is 2.41. The molecule has 1 saturated carbocycles. The molecule has 0 spiro atoms. The molecule has 40 heteroatoms. The van der Waals surface area contributed by atoms with Gasteiger partial charge in [0.25, 0.3) is 23.6 Å². The predicted molar refractivity (Wildman–Crippen MR) is 465 cm³/mol. The van der Waals surface area contributed by atoms with Crippen LogP contribution in [0.15, 0.2) is 146 Å². The van der Waals surface area contributed by atoms with E-state index in [1.165, 1.54) is 99.3 Å². The molecule has 12 aromatic rings. The standard InChI is InChI=1S/C25H25FN6O2.C23H19F4N7O.C23H21FN6O3.C22H16FN7O/c1-31(2)16-6-8-17(9-7-16)34-22-10-11-32(30-22)21-12-19(29-20-14-28-25(33)24(20)21)23-15(13-27)4-3-5-18(23)26;24-14-4-1-3-13(10-28)19(14)15-9-17(20-16(31-15)11-30-21(20)35)34-8-5-18(32-34)33-7-2-6-22(29,12-33)23(25,26)27;24-14-4-1-3-13(10-25)21(14)15-9-17(22-16(27-15)11-26-23(22)33)30-8-6-20(28-30)29-7-2-5-18(31)19(32)12-29;23-15-3-1-2-14(10-25)20(15)16-8-18(21-17(27-16)11-26-22(21)31)30-7-5-19(28-30)29-6-4-13(9-24)12-29/h3-5,10-12,16-17H,6-9,14H2,1-2H3,(H,28,33);1,3-5,8-9H,2,6-7,11-12,29H2,(H,30,35);1,3-4,6,8-9,18-19,31-32H,2,5,7,11-12H2,(H,26,33);1-3,5,7-8,13H,4,6,11-12H2,(H,26,31)/t;22-;18-,19+;/m.00./s1. The van der Waals surface area contributed by atoms with E-state index in [4.69, 9.17) is 15.7 Å². The first-order chi connectivity index (χ1) is 64.1. The van der Waals surface area contributed by atoms with Crippen LogP contribution in [0.2, 0.25) is 0 Å². The largest absolute Gasteiger partial charge is 0.473 e. The van der Waals surface area contributed by atoms with E-state index in [0.29, 0.717) is 113 Å². The Balaban J connectivity index is 0.000000124. The van der Waals surface area contributed by atoms with Gasteiger partial charge >= 0.3 is 6.18 Å². The number of aromatic nitrogens is 12. The van der Waals surface area contributed by atoms with E-state index in [2.05, 4.69) is 86.7 Å². The summed E-state index contributed by atoms with van der Waals surface area (Å²) in [5.41, 5.74) is 9.77. The summed E-state index contributed by atoms with van der Waals surface area (Å²) in [6, 6.07) is 40.8. The number of halogens is 7. The normalized spacial score (nSPS) is 19.2. The number of alkyl halides is 3. The number of nitrogens with one attached hydrogen (secondary N) is 4. The highest BCUT2D eigenvalue weighted by molar-refractivity contribution is 6.04. The number of anilines is 3. The molecule has 1 aliphatic carbocycles. The van der Waals surface area contributed by atoms with Crippen molar-refractivity contribution in [3.05, 3.63) is 237 Å². The molecule has 4 aromatic carbocycles. The quantitative estimate of drug-likeness (QED) is 0.0497. The summed E-state index contributed by atoms with van der Waals surface area (Å²) in [6.45, 7) is 2.82. The highest BCUT2D eigenvalue weighted by Gasteiger charge is 2.54. The minimum Gasteiger partial charge on any atom is -0.473 e. The summed E-state index contributed by atoms with van der Waals surface area (Å²) < 4.78 is 111. The number of piperidine rings is 1. The Morgan fingerprint density at radius 3 is 1.17 bits per heavy atom. The number of carbonyl (C=O) groups is 4. The maximum absolute atomic E-state index is 14.7. The molecule has 3 saturated heterocycles. The van der Waals surface area contributed by atoms with E-state index < -0.39 is 59.6 Å². The second-order valence-electron chi connectivity index (χ2n) is 33.1. The van der Waals surface area contributed by atoms with Gasteiger partial charge in [-0.25, -0.2) is 56.2 Å². The van der Waals surface area contributed by atoms with E-state index in [1.54, 1.807) is 64.4 Å². The average molecular weight is 1810 g/mol. The van der Waals surface area contributed by atoms with Crippen LogP contribution in [0.5, 0.6) is 5.88 Å². The number of aliphatic hydroxyl groups excluding tert-OH is 2. The lowest BCUT2D eigenvalue weighted by Crippen LogP contribution is -2.63. The van der Waals surface area contributed by atoms with E-state index in [1.807, 2.05) is 40.1 Å². The van der Waals surface area contributed by atoms with Crippen molar-refractivity contribution in [3.63, 3.8) is 0 Å². The number of nitriles is 5. The predicted octanol–water partition coefficient (Wildman–Crippen LogP) is 10.5. The van der Waals surface area contributed by atoms with Crippen molar-refractivity contribution in [1.82, 2.24) is 85.2 Å². The molecule has 133 heavy (non-hydrogen) atoms. The molecule has 8 aliphatic rings. The Morgan fingerprint density at radius 2 is 0.812 bits per heavy atom. The van der Waals surface area contributed by atoms with Crippen LogP contribution in [0.1, 0.15) is 144 Å². The molecule has 33 nitrogen and oxygen atoms in total. The van der Waals surface area contributed by atoms with Crippen molar-refractivity contribution in [1.29, 1.82) is 26.3 Å². The van der Waals surface area contributed by atoms with Crippen molar-refractivity contribution in [2.45, 2.75) is 120 Å². The van der Waals surface area contributed by atoms with E-state index in [9.17, 15) is 81.2 Å². The maximum Gasteiger partial charge on any atom is 0.408 e. The van der Waals surface area contributed by atoms with Gasteiger partial charge in [-0.05, 0) is 145 Å². The number of carbonyl (C=O) groups excluding carboxylic acids is 4. The van der Waals surface area contributed by atoms with Gasteiger partial charge in [-0.3, -0.25) is 19.2 Å². The monoisotopic (exact) mass is 1810 g/mol. The minimum atomic E-state index is -4.56. The first-order valence-electron chi connectivity index (χ1n) is 42.6. The third-order valence-corrected chi connectivity index (χ3v) is 24.6. The summed E-state index contributed by atoms with van der Waals surface area (Å²) in [5, 5.41) is 96.2. The molecule has 0 radical (unpaired) electrons. The molecule has 7 aliphatic heterocycles. The summed E-state index contributed by atoms with van der Waals surface area (Å²) in [4.78, 5) is 75.6. The Hall–Kier alpha value is -15.8. The van der Waals surface area contributed by atoms with Crippen molar-refractivity contribution in [2.75, 3.05) is 68.1 Å². The number of aliphatic hydroxyl groups is 2. The number of ether oxygens (including phenoxy) is 1. The van der Waals surface area contributed by atoms with Crippen LogP contribution in [0.25, 0.3) is 67.8 Å². The van der Waals surface area contributed by atoms with Crippen LogP contribution in [0.4, 0.5) is 48.2 Å². The zero-order valence-corrected chi connectivity index (χ0v) is 71.2. The molecule has 0 bridgehead atoms. The van der Waals surface area contributed by atoms with Gasteiger partial charge in [0.15, 0.2) is 17.5 Å². The van der Waals surface area contributed by atoms with Gasteiger partial charge in [-0.15, -0.1) is 5.10 Å². The second-order valence-corrected chi connectivity index (χ2v) is 33.1. The fraction of sp³-hybridized carbons (Fsp3) is 0.301. The van der Waals surface area contributed by atoms with Crippen LogP contribution in [-0.2, 0) is 26.2 Å². The first kappa shape index (κ1) is 89.2. The van der Waals surface area contributed by atoms with Crippen molar-refractivity contribution >= 4 is 41.1 Å². The fourth-order valence-electron chi connectivity index (χ4n) is 17.7. The van der Waals surface area contributed by atoms with Gasteiger partial charge in [0, 0.05) is 94.4 Å². The number of rotatable bonds is 14. The number of nitrogens with zero attached hydrogens (tertiary/aromatic N) is 21. The average Bonchev–Trinajstić information content (AvgIpc) is 1.68. The second kappa shape index (κ2) is 37.0. The molecule has 8 aromatic heterocycles. The smallest absolute Gasteiger partial charge is 0.408 e. The number of pyridine rings is 4. The zero-order chi connectivity index (χ0) is 93.4. The topological polar surface area (TPSA) is 447 Å². The number of β-amino-alcohol motifs (C(OH)–C–C–N with tert-alkyl or cyclic N) is 1. The van der Waals surface area contributed by atoms with Gasteiger partial charge in [-0.2, -0.15) is 54.8 Å². The van der Waals surface area contributed by atoms with E-state index in [-0.39, 0.29) is 160 Å². The molecule has 8 N–H and O–H groups in total. The van der Waals surface area contributed by atoms with Gasteiger partial charge in [0.05, 0.1) is 210 Å². The highest BCUT2D eigenvalue weighted by atomic mass is 19.4. The lowest BCUT2D eigenvalue weighted by Gasteiger charge is -2.41. The maximum atomic E-state index is 14.7. The van der Waals surface area contributed by atoms with Crippen molar-refractivity contribution in [3.8, 4) is 104 Å². The lowest BCUT2D eigenvalue weighted by atomic mass is 9.89. The number of hydrogen-bond acceptors (Lipinski definition) is 25. The van der Waals surface area contributed by atoms with Crippen molar-refractivity contribution in [2.24, 2.45) is 11.7 Å². The van der Waals surface area contributed by atoms with Crippen LogP contribution in [0, 0.1) is 85.8 Å². The van der Waals surface area contributed by atoms with Crippen LogP contribution in [0.3, 0.4) is 0 Å². The molecular weight excluding hydrogens is 1730 g/mol. The number of fused-ring (bicyclic) bond motifs is 4. The fourth-order valence-corrected chi connectivity index (χ4v) is 17.7. The molecular formula is C93H81F7N26O7.